The van der Waals surface area contributed by atoms with E-state index in [-0.39, 0.29) is 0 Å². The van der Waals surface area contributed by atoms with E-state index in [9.17, 15) is 5.11 Å². The van der Waals surface area contributed by atoms with E-state index in [1.807, 2.05) is 0 Å². The monoisotopic (exact) mass is 258 g/mol. The number of aliphatic hydroxyl groups is 1. The Morgan fingerprint density at radius 1 is 1.16 bits per heavy atom. The lowest BCUT2D eigenvalue weighted by atomic mass is 9.68. The van der Waals surface area contributed by atoms with Crippen molar-refractivity contribution >= 4 is 0 Å². The first-order valence-corrected chi connectivity index (χ1v) is 7.91. The van der Waals surface area contributed by atoms with Crippen LogP contribution in [0, 0.1) is 11.8 Å². The van der Waals surface area contributed by atoms with Crippen LogP contribution in [0.15, 0.2) is 18.2 Å². The van der Waals surface area contributed by atoms with Crippen LogP contribution in [0.2, 0.25) is 0 Å². The lowest BCUT2D eigenvalue weighted by Crippen LogP contribution is -2.44. The van der Waals surface area contributed by atoms with Gasteiger partial charge in [0.05, 0.1) is 5.60 Å². The third-order valence-electron chi connectivity index (χ3n) is 5.64. The molecular formula is C18H26O. The minimum absolute atomic E-state index is 0.412. The van der Waals surface area contributed by atoms with Gasteiger partial charge in [-0.2, -0.15) is 0 Å². The van der Waals surface area contributed by atoms with Crippen molar-refractivity contribution in [1.82, 2.24) is 0 Å². The summed E-state index contributed by atoms with van der Waals surface area (Å²) in [5.41, 5.74) is 3.91. The molecule has 1 saturated carbocycles. The van der Waals surface area contributed by atoms with Crippen LogP contribution in [0.25, 0.3) is 0 Å². The molecule has 1 fully saturated rings. The van der Waals surface area contributed by atoms with Crippen LogP contribution in [-0.4, -0.2) is 10.7 Å². The molecule has 2 aliphatic carbocycles. The first-order valence-electron chi connectivity index (χ1n) is 7.91. The molecule has 104 valence electrons. The maximum Gasteiger partial charge on any atom is 0.0715 e. The van der Waals surface area contributed by atoms with Gasteiger partial charge in [0.1, 0.15) is 0 Å². The number of fused-ring (bicyclic) bond motifs is 1. The molecular weight excluding hydrogens is 232 g/mol. The van der Waals surface area contributed by atoms with E-state index in [0.29, 0.717) is 11.8 Å². The third-order valence-corrected chi connectivity index (χ3v) is 5.64. The van der Waals surface area contributed by atoms with Crippen LogP contribution < -0.4 is 0 Å². The Kier molecular flexibility index (Phi) is 3.42. The van der Waals surface area contributed by atoms with Gasteiger partial charge in [-0.3, -0.25) is 0 Å². The summed E-state index contributed by atoms with van der Waals surface area (Å²) in [5.74, 6) is 1.06. The van der Waals surface area contributed by atoms with Crippen molar-refractivity contribution in [2.24, 2.45) is 11.8 Å². The minimum atomic E-state index is -0.482. The standard InChI is InChI=1S/C18H26O/c1-13-5-4-10-18(19,14(13)2)12-15-8-9-16-6-3-7-17(16)11-15/h8-9,11,13-14,19H,3-7,10,12H2,1-2H3. The topological polar surface area (TPSA) is 20.2 Å². The average Bonchev–Trinajstić information content (AvgIpc) is 2.83. The number of hydrogen-bond donors (Lipinski definition) is 1. The maximum atomic E-state index is 11.0. The summed E-state index contributed by atoms with van der Waals surface area (Å²) in [6.07, 6.45) is 8.03. The van der Waals surface area contributed by atoms with Gasteiger partial charge in [0.25, 0.3) is 0 Å². The Hall–Kier alpha value is -0.820. The third kappa shape index (κ3) is 2.45. The molecule has 0 spiro atoms. The fourth-order valence-corrected chi connectivity index (χ4v) is 4.08. The zero-order valence-corrected chi connectivity index (χ0v) is 12.3. The normalized spacial score (nSPS) is 34.3. The summed E-state index contributed by atoms with van der Waals surface area (Å²) >= 11 is 0. The molecule has 0 amide bonds. The van der Waals surface area contributed by atoms with Crippen molar-refractivity contribution in [2.75, 3.05) is 0 Å². The van der Waals surface area contributed by atoms with Crippen molar-refractivity contribution in [3.05, 3.63) is 34.9 Å². The number of aryl methyl sites for hydroxylation is 2. The van der Waals surface area contributed by atoms with E-state index >= 15 is 0 Å². The highest BCUT2D eigenvalue weighted by atomic mass is 16.3. The van der Waals surface area contributed by atoms with E-state index in [4.69, 9.17) is 0 Å². The predicted molar refractivity (Wildman–Crippen MR) is 79.3 cm³/mol. The number of rotatable bonds is 2. The molecule has 1 nitrogen and oxygen atoms in total. The lowest BCUT2D eigenvalue weighted by Gasteiger charge is -2.42. The predicted octanol–water partition coefficient (Wildman–Crippen LogP) is 3.91. The summed E-state index contributed by atoms with van der Waals surface area (Å²) in [5, 5.41) is 11.0. The largest absolute Gasteiger partial charge is 0.389 e. The van der Waals surface area contributed by atoms with Gasteiger partial charge in [0.15, 0.2) is 0 Å². The smallest absolute Gasteiger partial charge is 0.0715 e. The van der Waals surface area contributed by atoms with E-state index in [2.05, 4.69) is 32.0 Å². The van der Waals surface area contributed by atoms with Gasteiger partial charge in [-0.25, -0.2) is 0 Å². The number of benzene rings is 1. The molecule has 0 aliphatic heterocycles. The van der Waals surface area contributed by atoms with Gasteiger partial charge in [-0.05, 0) is 54.2 Å². The maximum absolute atomic E-state index is 11.0. The molecule has 0 radical (unpaired) electrons. The van der Waals surface area contributed by atoms with Gasteiger partial charge in [0, 0.05) is 6.42 Å². The summed E-state index contributed by atoms with van der Waals surface area (Å²) < 4.78 is 0. The van der Waals surface area contributed by atoms with Crippen LogP contribution in [0.5, 0.6) is 0 Å². The van der Waals surface area contributed by atoms with Gasteiger partial charge in [0.2, 0.25) is 0 Å². The van der Waals surface area contributed by atoms with Gasteiger partial charge in [-0.1, -0.05) is 44.9 Å². The minimum Gasteiger partial charge on any atom is -0.389 e. The van der Waals surface area contributed by atoms with Gasteiger partial charge in [-0.15, -0.1) is 0 Å². The molecule has 0 bridgehead atoms. The summed E-state index contributed by atoms with van der Waals surface area (Å²) in [6.45, 7) is 4.52. The highest BCUT2D eigenvalue weighted by Crippen LogP contribution is 2.40. The molecule has 1 heteroatoms. The van der Waals surface area contributed by atoms with Crippen molar-refractivity contribution in [1.29, 1.82) is 0 Å². The Bertz CT molecular complexity index is 465. The number of hydrogen-bond acceptors (Lipinski definition) is 1. The summed E-state index contributed by atoms with van der Waals surface area (Å²) in [7, 11) is 0. The molecule has 0 heterocycles. The average molecular weight is 258 g/mol. The van der Waals surface area contributed by atoms with Crippen molar-refractivity contribution in [3.63, 3.8) is 0 Å². The fourth-order valence-electron chi connectivity index (χ4n) is 4.08. The van der Waals surface area contributed by atoms with Crippen LogP contribution in [0.3, 0.4) is 0 Å². The Morgan fingerprint density at radius 3 is 2.79 bits per heavy atom. The van der Waals surface area contributed by atoms with E-state index < -0.39 is 5.60 Å². The van der Waals surface area contributed by atoms with Crippen molar-refractivity contribution in [3.8, 4) is 0 Å². The second-order valence-corrected chi connectivity index (χ2v) is 6.90. The first-order chi connectivity index (χ1) is 9.08. The van der Waals surface area contributed by atoms with Crippen LogP contribution in [0.4, 0.5) is 0 Å². The second kappa shape index (κ2) is 4.94. The van der Waals surface area contributed by atoms with E-state index in [0.717, 1.165) is 12.8 Å². The van der Waals surface area contributed by atoms with Crippen LogP contribution in [0.1, 0.15) is 56.2 Å². The molecule has 1 N–H and O–H groups in total. The quantitative estimate of drug-likeness (QED) is 0.853. The summed E-state index contributed by atoms with van der Waals surface area (Å²) in [6, 6.07) is 6.89. The zero-order chi connectivity index (χ0) is 13.5. The molecule has 1 aromatic rings. The Morgan fingerprint density at radius 2 is 1.95 bits per heavy atom. The molecule has 0 aromatic heterocycles. The van der Waals surface area contributed by atoms with E-state index in [1.54, 1.807) is 0 Å². The summed E-state index contributed by atoms with van der Waals surface area (Å²) in [4.78, 5) is 0. The first kappa shape index (κ1) is 13.2. The van der Waals surface area contributed by atoms with Crippen LogP contribution >= 0.6 is 0 Å². The fraction of sp³-hybridized carbons (Fsp3) is 0.667. The van der Waals surface area contributed by atoms with Gasteiger partial charge < -0.3 is 5.11 Å². The SMILES string of the molecule is CC1CCCC(O)(Cc2ccc3c(c2)CCC3)C1C. The molecule has 1 aromatic carbocycles. The molecule has 19 heavy (non-hydrogen) atoms. The van der Waals surface area contributed by atoms with Crippen LogP contribution in [-0.2, 0) is 19.3 Å². The van der Waals surface area contributed by atoms with Gasteiger partial charge >= 0.3 is 0 Å². The highest BCUT2D eigenvalue weighted by molar-refractivity contribution is 5.36. The van der Waals surface area contributed by atoms with Crippen molar-refractivity contribution < 1.29 is 5.11 Å². The second-order valence-electron chi connectivity index (χ2n) is 6.90. The van der Waals surface area contributed by atoms with Crippen molar-refractivity contribution in [2.45, 2.75) is 64.4 Å². The Balaban J connectivity index is 1.80. The molecule has 3 atom stereocenters. The molecule has 3 unspecified atom stereocenters. The van der Waals surface area contributed by atoms with E-state index in [1.165, 1.54) is 48.8 Å². The lowest BCUT2D eigenvalue weighted by molar-refractivity contribution is -0.0620. The molecule has 2 aliphatic rings. The zero-order valence-electron chi connectivity index (χ0n) is 12.3. The molecule has 0 saturated heterocycles. The highest BCUT2D eigenvalue weighted by Gasteiger charge is 2.39. The molecule has 3 rings (SSSR count). The Labute approximate surface area is 117 Å².